The Morgan fingerprint density at radius 1 is 0.950 bits per heavy atom. The lowest BCUT2D eigenvalue weighted by molar-refractivity contribution is -0.385. The lowest BCUT2D eigenvalue weighted by Crippen LogP contribution is -2.23. The number of halogens is 6. The molecular formula is C28H27F6N3O3. The zero-order valence-electron chi connectivity index (χ0n) is 21.2. The van der Waals surface area contributed by atoms with Gasteiger partial charge in [0.25, 0.3) is 5.69 Å². The van der Waals surface area contributed by atoms with Crippen molar-refractivity contribution in [2.24, 2.45) is 5.92 Å². The molecule has 1 aliphatic rings. The van der Waals surface area contributed by atoms with Gasteiger partial charge in [-0.15, -0.1) is 0 Å². The van der Waals surface area contributed by atoms with Gasteiger partial charge in [0.15, 0.2) is 0 Å². The molecule has 214 valence electrons. The Kier molecular flexibility index (Phi) is 8.69. The van der Waals surface area contributed by atoms with Crippen LogP contribution in [0.1, 0.15) is 39.8 Å². The lowest BCUT2D eigenvalue weighted by Gasteiger charge is -2.19. The summed E-state index contributed by atoms with van der Waals surface area (Å²) >= 11 is 0. The van der Waals surface area contributed by atoms with Crippen molar-refractivity contribution in [3.8, 4) is 0 Å². The number of benzene rings is 3. The Hall–Kier alpha value is -3.64. The van der Waals surface area contributed by atoms with Gasteiger partial charge in [-0.1, -0.05) is 30.3 Å². The second-order valence-corrected chi connectivity index (χ2v) is 9.89. The molecule has 1 atom stereocenters. The van der Waals surface area contributed by atoms with Crippen LogP contribution in [0.3, 0.4) is 0 Å². The highest BCUT2D eigenvalue weighted by molar-refractivity contribution is 5.55. The highest BCUT2D eigenvalue weighted by atomic mass is 19.4. The fourth-order valence-electron chi connectivity index (χ4n) is 4.97. The van der Waals surface area contributed by atoms with E-state index in [4.69, 9.17) is 0 Å². The molecule has 4 rings (SSSR count). The first kappa shape index (κ1) is 29.3. The summed E-state index contributed by atoms with van der Waals surface area (Å²) in [5, 5.41) is 23.7. The molecule has 1 unspecified atom stereocenters. The summed E-state index contributed by atoms with van der Waals surface area (Å²) in [4.78, 5) is 12.7. The zero-order valence-corrected chi connectivity index (χ0v) is 21.2. The number of hydrogen-bond acceptors (Lipinski definition) is 5. The third-order valence-corrected chi connectivity index (χ3v) is 6.95. The molecule has 12 heteroatoms. The number of likely N-dealkylation sites (tertiary alicyclic amines) is 1. The smallest absolute Gasteiger partial charge is 0.391 e. The Labute approximate surface area is 226 Å². The molecule has 0 radical (unpaired) electrons. The van der Waals surface area contributed by atoms with Gasteiger partial charge >= 0.3 is 12.4 Å². The van der Waals surface area contributed by atoms with Crippen molar-refractivity contribution < 1.29 is 36.4 Å². The molecule has 2 N–H and O–H groups in total. The van der Waals surface area contributed by atoms with Gasteiger partial charge in [-0.2, -0.15) is 26.3 Å². The van der Waals surface area contributed by atoms with Crippen molar-refractivity contribution in [2.45, 2.75) is 38.3 Å². The van der Waals surface area contributed by atoms with Crippen molar-refractivity contribution >= 4 is 11.4 Å². The van der Waals surface area contributed by atoms with Crippen LogP contribution in [0.15, 0.2) is 60.7 Å². The molecular weight excluding hydrogens is 540 g/mol. The van der Waals surface area contributed by atoms with Crippen LogP contribution in [0.25, 0.3) is 0 Å². The second kappa shape index (κ2) is 11.8. The fourth-order valence-corrected chi connectivity index (χ4v) is 4.97. The number of aliphatic hydroxyl groups is 1. The minimum atomic E-state index is -4.65. The molecule has 0 aliphatic carbocycles. The average Bonchev–Trinajstić information content (AvgIpc) is 3.33. The number of hydrogen-bond donors (Lipinski definition) is 2. The first-order valence-electron chi connectivity index (χ1n) is 12.5. The standard InChI is InChI=1S/C28H27F6N3O3/c29-27(30,31)23-3-1-2-18(12-23)10-22-11-19(4-7-25(22)28(32,33)34)15-36-9-8-20(16-36)14-35-24-6-5-21(17-38)26(13-24)37(39)40/h1-7,11-13,20,35,38H,8-10,14-17H2. The third-order valence-electron chi connectivity index (χ3n) is 6.95. The van der Waals surface area contributed by atoms with Crippen LogP contribution in [0.4, 0.5) is 37.7 Å². The number of nitrogens with one attached hydrogen (secondary N) is 1. The van der Waals surface area contributed by atoms with Crippen molar-refractivity contribution in [3.63, 3.8) is 0 Å². The maximum absolute atomic E-state index is 13.7. The number of nitro benzene ring substituents is 1. The SMILES string of the molecule is O=[N+]([O-])c1cc(NCC2CCN(Cc3ccc(C(F)(F)F)c(Cc4cccc(C(F)(F)F)c4)c3)C2)ccc1CO. The maximum Gasteiger partial charge on any atom is 0.416 e. The zero-order chi connectivity index (χ0) is 29.1. The van der Waals surface area contributed by atoms with Crippen LogP contribution in [0, 0.1) is 16.0 Å². The topological polar surface area (TPSA) is 78.6 Å². The summed E-state index contributed by atoms with van der Waals surface area (Å²) in [7, 11) is 0. The molecule has 6 nitrogen and oxygen atoms in total. The van der Waals surface area contributed by atoms with Gasteiger partial charge in [0.2, 0.25) is 0 Å². The van der Waals surface area contributed by atoms with Crippen LogP contribution in [-0.4, -0.2) is 34.6 Å². The highest BCUT2D eigenvalue weighted by Gasteiger charge is 2.34. The first-order chi connectivity index (χ1) is 18.8. The minimum absolute atomic E-state index is 0.0883. The molecule has 1 heterocycles. The molecule has 1 saturated heterocycles. The monoisotopic (exact) mass is 567 g/mol. The van der Waals surface area contributed by atoms with E-state index in [-0.39, 0.29) is 34.7 Å². The van der Waals surface area contributed by atoms with Crippen LogP contribution < -0.4 is 5.32 Å². The van der Waals surface area contributed by atoms with Gasteiger partial charge in [-0.3, -0.25) is 15.0 Å². The third kappa shape index (κ3) is 7.30. The number of rotatable bonds is 9. The van der Waals surface area contributed by atoms with E-state index >= 15 is 0 Å². The largest absolute Gasteiger partial charge is 0.416 e. The van der Waals surface area contributed by atoms with Crippen LogP contribution in [0.2, 0.25) is 0 Å². The molecule has 3 aromatic carbocycles. The molecule has 0 bridgehead atoms. The molecule has 1 fully saturated rings. The fraction of sp³-hybridized carbons (Fsp3) is 0.357. The Balaban J connectivity index is 1.42. The average molecular weight is 568 g/mol. The number of nitrogens with zero attached hydrogens (tertiary/aromatic N) is 2. The van der Waals surface area contributed by atoms with E-state index < -0.39 is 35.0 Å². The summed E-state index contributed by atoms with van der Waals surface area (Å²) < 4.78 is 80.4. The molecule has 0 amide bonds. The van der Waals surface area contributed by atoms with Gasteiger partial charge in [0.1, 0.15) is 0 Å². The van der Waals surface area contributed by atoms with Crippen molar-refractivity contribution in [2.75, 3.05) is 25.0 Å². The Morgan fingerprint density at radius 2 is 1.73 bits per heavy atom. The Bertz CT molecular complexity index is 1360. The van der Waals surface area contributed by atoms with E-state index in [0.29, 0.717) is 37.4 Å². The van der Waals surface area contributed by atoms with E-state index in [1.165, 1.54) is 36.4 Å². The van der Waals surface area contributed by atoms with E-state index in [2.05, 4.69) is 10.2 Å². The molecule has 0 aromatic heterocycles. The predicted molar refractivity (Wildman–Crippen MR) is 137 cm³/mol. The van der Waals surface area contributed by atoms with Gasteiger partial charge in [-0.25, -0.2) is 0 Å². The normalized spacial score (nSPS) is 16.3. The Morgan fingerprint density at radius 3 is 2.40 bits per heavy atom. The number of nitro groups is 1. The molecule has 0 saturated carbocycles. The second-order valence-electron chi connectivity index (χ2n) is 9.89. The van der Waals surface area contributed by atoms with Crippen LogP contribution in [-0.2, 0) is 31.9 Å². The van der Waals surface area contributed by atoms with Gasteiger partial charge in [0, 0.05) is 31.4 Å². The molecule has 40 heavy (non-hydrogen) atoms. The quantitative estimate of drug-likeness (QED) is 0.172. The summed E-state index contributed by atoms with van der Waals surface area (Å²) in [6.45, 7) is 1.80. The van der Waals surface area contributed by atoms with E-state index in [9.17, 15) is 41.6 Å². The van der Waals surface area contributed by atoms with E-state index in [1.54, 1.807) is 6.07 Å². The highest BCUT2D eigenvalue weighted by Crippen LogP contribution is 2.35. The van der Waals surface area contributed by atoms with E-state index in [1.807, 2.05) is 0 Å². The number of anilines is 1. The van der Waals surface area contributed by atoms with Gasteiger partial charge in [-0.05, 0) is 66.3 Å². The molecule has 0 spiro atoms. The summed E-state index contributed by atoms with van der Waals surface area (Å²) in [6.07, 6.45) is -8.73. The maximum atomic E-state index is 13.7. The number of alkyl halides is 6. The predicted octanol–water partition coefficient (Wildman–Crippen LogP) is 6.65. The van der Waals surface area contributed by atoms with Crippen LogP contribution in [0.5, 0.6) is 0 Å². The summed E-state index contributed by atoms with van der Waals surface area (Å²) in [6, 6.07) is 12.6. The van der Waals surface area contributed by atoms with Gasteiger partial charge < -0.3 is 10.4 Å². The lowest BCUT2D eigenvalue weighted by atomic mass is 9.96. The van der Waals surface area contributed by atoms with Crippen LogP contribution >= 0.6 is 0 Å². The van der Waals surface area contributed by atoms with Crippen molar-refractivity contribution in [1.29, 1.82) is 0 Å². The van der Waals surface area contributed by atoms with E-state index in [0.717, 1.165) is 24.6 Å². The number of aliphatic hydroxyl groups excluding tert-OH is 1. The van der Waals surface area contributed by atoms with Gasteiger partial charge in [0.05, 0.1) is 28.2 Å². The summed E-state index contributed by atoms with van der Waals surface area (Å²) in [5.74, 6) is 0.190. The van der Waals surface area contributed by atoms with Crippen molar-refractivity contribution in [3.05, 3.63) is 104 Å². The molecule has 3 aromatic rings. The minimum Gasteiger partial charge on any atom is -0.391 e. The molecule has 1 aliphatic heterocycles. The summed E-state index contributed by atoms with van der Waals surface area (Å²) in [5.41, 5.74) is -0.533. The first-order valence-corrected chi connectivity index (χ1v) is 12.5. The van der Waals surface area contributed by atoms with Crippen molar-refractivity contribution in [1.82, 2.24) is 4.90 Å².